The van der Waals surface area contributed by atoms with E-state index in [2.05, 4.69) is 20.9 Å². The first-order valence-electron chi connectivity index (χ1n) is 15.6. The van der Waals surface area contributed by atoms with Crippen LogP contribution < -0.4 is 21.7 Å². The number of hydrogen-bond acceptors (Lipinski definition) is 11. The number of aliphatic hydroxyl groups excluding tert-OH is 1. The number of ether oxygens (including phenoxy) is 2. The number of aliphatic hydroxyl groups is 1. The van der Waals surface area contributed by atoms with Gasteiger partial charge in [0.25, 0.3) is 0 Å². The van der Waals surface area contributed by atoms with E-state index in [1.54, 1.807) is 45.7 Å². The summed E-state index contributed by atoms with van der Waals surface area (Å²) in [5.41, 5.74) is 6.07. The van der Waals surface area contributed by atoms with Crippen molar-refractivity contribution in [3.63, 3.8) is 0 Å². The Bertz CT molecular complexity index is 1670. The molecule has 266 valence electrons. The van der Waals surface area contributed by atoms with E-state index in [1.807, 2.05) is 0 Å². The van der Waals surface area contributed by atoms with Crippen molar-refractivity contribution in [2.75, 3.05) is 45.8 Å². The molecule has 1 aromatic carbocycles. The van der Waals surface area contributed by atoms with Crippen LogP contribution in [0, 0.1) is 11.2 Å². The number of methoxy groups -OCH3 is 1. The Balaban J connectivity index is 1.73. The lowest BCUT2D eigenvalue weighted by Gasteiger charge is -2.30. The van der Waals surface area contributed by atoms with Gasteiger partial charge in [-0.15, -0.1) is 0 Å². The zero-order valence-corrected chi connectivity index (χ0v) is 28.8. The van der Waals surface area contributed by atoms with Crippen molar-refractivity contribution in [1.82, 2.24) is 20.5 Å². The quantitative estimate of drug-likeness (QED) is 0.126. The van der Waals surface area contributed by atoms with E-state index < -0.39 is 46.7 Å². The number of pyridine rings is 1. The molecule has 0 fully saturated rings. The second-order valence-electron chi connectivity index (χ2n) is 13.1. The maximum Gasteiger partial charge on any atom is 0.246 e. The minimum absolute atomic E-state index is 0.0529. The molecule has 0 bridgehead atoms. The number of nitrogens with zero attached hydrogens (tertiary/aromatic N) is 2. The van der Waals surface area contributed by atoms with Crippen LogP contribution >= 0.6 is 0 Å². The molecule has 1 aliphatic rings. The van der Waals surface area contributed by atoms with Gasteiger partial charge in [0.05, 0.1) is 53.4 Å². The largest absolute Gasteiger partial charge is 0.381 e. The Labute approximate surface area is 284 Å². The molecule has 1 aliphatic heterocycles. The van der Waals surface area contributed by atoms with Crippen molar-refractivity contribution >= 4 is 52.6 Å². The Morgan fingerprint density at radius 2 is 1.88 bits per heavy atom. The van der Waals surface area contributed by atoms with Gasteiger partial charge in [-0.2, -0.15) is 0 Å². The highest BCUT2D eigenvalue weighted by Crippen LogP contribution is 2.35. The second-order valence-corrected chi connectivity index (χ2v) is 13.1. The van der Waals surface area contributed by atoms with Crippen LogP contribution in [0.1, 0.15) is 45.9 Å². The number of amides is 3. The molecule has 14 nitrogen and oxygen atoms in total. The van der Waals surface area contributed by atoms with E-state index in [4.69, 9.17) is 15.2 Å². The van der Waals surface area contributed by atoms with Crippen LogP contribution in [0.4, 0.5) is 10.1 Å². The van der Waals surface area contributed by atoms with E-state index in [0.717, 1.165) is 11.6 Å². The van der Waals surface area contributed by atoms with Gasteiger partial charge in [0.2, 0.25) is 17.7 Å². The second kappa shape index (κ2) is 16.2. The lowest BCUT2D eigenvalue weighted by atomic mass is 9.93. The molecule has 2 heterocycles. The molecule has 0 radical (unpaired) electrons. The van der Waals surface area contributed by atoms with E-state index in [9.17, 15) is 29.1 Å². The number of hydrogen-bond donors (Lipinski definition) is 5. The maximum absolute atomic E-state index is 15.2. The van der Waals surface area contributed by atoms with Crippen molar-refractivity contribution in [3.8, 4) is 0 Å². The minimum atomic E-state index is -1.58. The number of carbonyl (C=O) groups is 5. The molecule has 3 amide bonds. The minimum Gasteiger partial charge on any atom is -0.381 e. The summed E-state index contributed by atoms with van der Waals surface area (Å²) in [6.07, 6.45) is 0.709. The van der Waals surface area contributed by atoms with Gasteiger partial charge >= 0.3 is 0 Å². The van der Waals surface area contributed by atoms with Crippen molar-refractivity contribution in [1.29, 1.82) is 0 Å². The number of anilines is 1. The zero-order chi connectivity index (χ0) is 36.7. The highest BCUT2D eigenvalue weighted by Gasteiger charge is 2.31. The van der Waals surface area contributed by atoms with Gasteiger partial charge in [-0.05, 0) is 64.0 Å². The van der Waals surface area contributed by atoms with E-state index in [1.165, 1.54) is 26.2 Å². The topological polar surface area (TPSA) is 202 Å². The third-order valence-electron chi connectivity index (χ3n) is 7.96. The zero-order valence-electron chi connectivity index (χ0n) is 28.8. The number of aldehydes is 2. The van der Waals surface area contributed by atoms with Crippen LogP contribution in [0.2, 0.25) is 0 Å². The Kier molecular flexibility index (Phi) is 12.9. The fourth-order valence-corrected chi connectivity index (χ4v) is 4.81. The molecule has 6 N–H and O–H groups in total. The molecule has 49 heavy (non-hydrogen) atoms. The van der Waals surface area contributed by atoms with Crippen molar-refractivity contribution in [2.45, 2.75) is 58.9 Å². The van der Waals surface area contributed by atoms with Gasteiger partial charge in [0, 0.05) is 44.3 Å². The fraction of sp³-hybridized carbons (Fsp3) is 0.471. The smallest absolute Gasteiger partial charge is 0.246 e. The van der Waals surface area contributed by atoms with Crippen molar-refractivity contribution in [3.05, 3.63) is 52.5 Å². The summed E-state index contributed by atoms with van der Waals surface area (Å²) >= 11 is 0. The molecule has 1 aromatic heterocycles. The normalized spacial score (nSPS) is 15.7. The average molecular weight is 685 g/mol. The van der Waals surface area contributed by atoms with Crippen molar-refractivity contribution in [2.24, 2.45) is 11.1 Å². The lowest BCUT2D eigenvalue weighted by Crippen LogP contribution is -2.49. The molecule has 2 unspecified atom stereocenters. The number of nitrogens with one attached hydrogen (secondary N) is 3. The van der Waals surface area contributed by atoms with Crippen molar-refractivity contribution < 1.29 is 42.9 Å². The maximum atomic E-state index is 15.2. The summed E-state index contributed by atoms with van der Waals surface area (Å²) < 4.78 is 26.0. The van der Waals surface area contributed by atoms with E-state index in [0.29, 0.717) is 35.9 Å². The molecule has 15 heteroatoms. The molecular weight excluding hydrogens is 639 g/mol. The van der Waals surface area contributed by atoms with Crippen LogP contribution in [0.5, 0.6) is 0 Å². The molecule has 2 aromatic rings. The summed E-state index contributed by atoms with van der Waals surface area (Å²) in [5, 5.41) is 18.3. The number of benzene rings is 1. The van der Waals surface area contributed by atoms with Crippen LogP contribution in [0.15, 0.2) is 35.4 Å². The molecule has 2 atom stereocenters. The number of halogens is 1. The SMILES string of the molecule is COC/C(C=O)=C(/C=C1/c2nc3cc(F)c(NC(=O)C(C)NC(=O)CNC(=O)C(C)(C)COC(C)(C)CN)cc3cc2CN1C)C(O)C=O. The van der Waals surface area contributed by atoms with Crippen LogP contribution in [0.3, 0.4) is 0 Å². The summed E-state index contributed by atoms with van der Waals surface area (Å²) in [4.78, 5) is 67.6. The monoisotopic (exact) mass is 684 g/mol. The number of rotatable bonds is 16. The Morgan fingerprint density at radius 3 is 2.49 bits per heavy atom. The highest BCUT2D eigenvalue weighted by atomic mass is 19.1. The van der Waals surface area contributed by atoms with Crippen LogP contribution in [-0.4, -0.2) is 103 Å². The Hall–Kier alpha value is -4.57. The van der Waals surface area contributed by atoms with Gasteiger partial charge in [0.1, 0.15) is 24.2 Å². The standard InChI is InChI=1S/C34H45FN6O8/c1-19(38-29(45)12-37-32(47)33(2,3)18-49-34(4,5)17-36)31(46)40-26-9-20-8-21-13-41(6)27(30(21)39-25(20)11-24(26)35)10-23(28(44)15-43)22(14-42)16-48-7/h8-11,14-15,19,28,44H,12-13,16-18,36H2,1-7H3,(H,37,47)(H,38,45)(H,40,46)/b23-22-,27-10-. The number of carbonyl (C=O) groups excluding carboxylic acids is 5. The van der Waals surface area contributed by atoms with Gasteiger partial charge in [-0.1, -0.05) is 0 Å². The van der Waals surface area contributed by atoms with Crippen LogP contribution in [-0.2, 0) is 40.0 Å². The van der Waals surface area contributed by atoms with E-state index in [-0.39, 0.29) is 48.7 Å². The predicted molar refractivity (Wildman–Crippen MR) is 180 cm³/mol. The Morgan fingerprint density at radius 1 is 1.18 bits per heavy atom. The lowest BCUT2D eigenvalue weighted by molar-refractivity contribution is -0.138. The first-order chi connectivity index (χ1) is 23.0. The highest BCUT2D eigenvalue weighted by molar-refractivity contribution is 5.99. The molecule has 3 rings (SSSR count). The van der Waals surface area contributed by atoms with Gasteiger partial charge in [-0.25, -0.2) is 9.37 Å². The summed E-state index contributed by atoms with van der Waals surface area (Å²) in [7, 11) is 3.13. The first kappa shape index (κ1) is 38.9. The number of nitrogens with two attached hydrogens (primary N) is 1. The molecule has 0 saturated heterocycles. The van der Waals surface area contributed by atoms with E-state index >= 15 is 4.39 Å². The average Bonchev–Trinajstić information content (AvgIpc) is 3.35. The fourth-order valence-electron chi connectivity index (χ4n) is 4.81. The molecular formula is C34H45FN6O8. The first-order valence-corrected chi connectivity index (χ1v) is 15.6. The molecule has 0 saturated carbocycles. The number of aromatic nitrogens is 1. The molecule has 0 aliphatic carbocycles. The third-order valence-corrected chi connectivity index (χ3v) is 7.96. The van der Waals surface area contributed by atoms with Gasteiger partial charge in [-0.3, -0.25) is 19.2 Å². The summed E-state index contributed by atoms with van der Waals surface area (Å²) in [6, 6.07) is 3.28. The predicted octanol–water partition coefficient (Wildman–Crippen LogP) is 1.20. The van der Waals surface area contributed by atoms with Gasteiger partial charge in [0.15, 0.2) is 6.29 Å². The van der Waals surface area contributed by atoms with Gasteiger partial charge < -0.3 is 46.0 Å². The van der Waals surface area contributed by atoms with Crippen LogP contribution in [0.25, 0.3) is 16.6 Å². The number of fused-ring (bicyclic) bond motifs is 2. The summed E-state index contributed by atoms with van der Waals surface area (Å²) in [6.45, 7) is 8.57. The molecule has 0 spiro atoms. The third kappa shape index (κ3) is 9.75. The summed E-state index contributed by atoms with van der Waals surface area (Å²) in [5.74, 6) is -2.52.